The monoisotopic (exact) mass is 225 g/mol. The van der Waals surface area contributed by atoms with Crippen LogP contribution in [-0.2, 0) is 6.42 Å². The second-order valence-corrected chi connectivity index (χ2v) is 4.40. The maximum Gasteiger partial charge on any atom is 0.123 e. The van der Waals surface area contributed by atoms with Crippen LogP contribution >= 0.6 is 0 Å². The summed E-state index contributed by atoms with van der Waals surface area (Å²) in [5.74, 6) is -0.240. The van der Waals surface area contributed by atoms with Crippen molar-refractivity contribution in [2.24, 2.45) is 0 Å². The zero-order chi connectivity index (χ0) is 12.0. The highest BCUT2D eigenvalue weighted by Gasteiger charge is 2.20. The molecule has 0 spiro atoms. The van der Waals surface area contributed by atoms with Crippen LogP contribution in [0.3, 0.4) is 0 Å². The van der Waals surface area contributed by atoms with Crippen LogP contribution in [-0.4, -0.2) is 23.8 Å². The van der Waals surface area contributed by atoms with Crippen molar-refractivity contribution in [3.8, 4) is 0 Å². The lowest BCUT2D eigenvalue weighted by atomic mass is 9.93. The van der Waals surface area contributed by atoms with E-state index >= 15 is 0 Å². The molecule has 0 saturated carbocycles. The summed E-state index contributed by atoms with van der Waals surface area (Å²) < 4.78 is 12.7. The van der Waals surface area contributed by atoms with Gasteiger partial charge in [0, 0.05) is 6.42 Å². The van der Waals surface area contributed by atoms with E-state index in [0.717, 1.165) is 18.7 Å². The van der Waals surface area contributed by atoms with Crippen molar-refractivity contribution >= 4 is 0 Å². The van der Waals surface area contributed by atoms with E-state index in [2.05, 4.69) is 5.32 Å². The Hall–Kier alpha value is -0.930. The fourth-order valence-electron chi connectivity index (χ4n) is 1.66. The molecule has 0 aliphatic carbocycles. The molecule has 16 heavy (non-hydrogen) atoms. The molecule has 0 aromatic heterocycles. The van der Waals surface area contributed by atoms with Crippen molar-refractivity contribution in [3.63, 3.8) is 0 Å². The van der Waals surface area contributed by atoms with Gasteiger partial charge in [-0.25, -0.2) is 4.39 Å². The predicted octanol–water partition coefficient (Wildman–Crippen LogP) is 2.12. The van der Waals surface area contributed by atoms with E-state index in [-0.39, 0.29) is 5.82 Å². The molecule has 3 heteroatoms. The minimum atomic E-state index is -0.736. The van der Waals surface area contributed by atoms with E-state index in [9.17, 15) is 9.50 Å². The van der Waals surface area contributed by atoms with Crippen LogP contribution in [0.25, 0.3) is 0 Å². The summed E-state index contributed by atoms with van der Waals surface area (Å²) in [4.78, 5) is 0. The van der Waals surface area contributed by atoms with Gasteiger partial charge in [0.15, 0.2) is 0 Å². The second-order valence-electron chi connectivity index (χ2n) is 4.40. The SMILES string of the molecule is CCNCCC(C)(O)Cc1ccc(F)cc1. The van der Waals surface area contributed by atoms with Crippen LogP contribution in [0.2, 0.25) is 0 Å². The average molecular weight is 225 g/mol. The maximum atomic E-state index is 12.7. The Morgan fingerprint density at radius 3 is 2.50 bits per heavy atom. The first-order valence-electron chi connectivity index (χ1n) is 5.71. The van der Waals surface area contributed by atoms with Gasteiger partial charge in [0.2, 0.25) is 0 Å². The summed E-state index contributed by atoms with van der Waals surface area (Å²) in [5, 5.41) is 13.3. The number of halogens is 1. The largest absolute Gasteiger partial charge is 0.390 e. The molecule has 0 amide bonds. The minimum Gasteiger partial charge on any atom is -0.390 e. The molecule has 1 aromatic carbocycles. The highest BCUT2D eigenvalue weighted by Crippen LogP contribution is 2.16. The number of benzene rings is 1. The van der Waals surface area contributed by atoms with Gasteiger partial charge < -0.3 is 10.4 Å². The number of rotatable bonds is 6. The summed E-state index contributed by atoms with van der Waals surface area (Å²) in [6.45, 7) is 5.56. The Balaban J connectivity index is 2.48. The molecule has 1 atom stereocenters. The molecule has 2 nitrogen and oxygen atoms in total. The van der Waals surface area contributed by atoms with E-state index in [4.69, 9.17) is 0 Å². The number of aliphatic hydroxyl groups is 1. The molecule has 0 radical (unpaired) electrons. The molecule has 1 rings (SSSR count). The Morgan fingerprint density at radius 1 is 1.31 bits per heavy atom. The number of hydrogen-bond donors (Lipinski definition) is 2. The van der Waals surface area contributed by atoms with Gasteiger partial charge in [-0.2, -0.15) is 0 Å². The molecule has 2 N–H and O–H groups in total. The molecule has 1 aromatic rings. The van der Waals surface area contributed by atoms with Gasteiger partial charge in [-0.1, -0.05) is 19.1 Å². The zero-order valence-electron chi connectivity index (χ0n) is 9.96. The normalized spacial score (nSPS) is 14.8. The topological polar surface area (TPSA) is 32.3 Å². The molecular formula is C13H20FNO. The van der Waals surface area contributed by atoms with E-state index < -0.39 is 5.60 Å². The first-order valence-corrected chi connectivity index (χ1v) is 5.71. The molecule has 0 fully saturated rings. The molecule has 1 unspecified atom stereocenters. The van der Waals surface area contributed by atoms with E-state index in [0.29, 0.717) is 12.8 Å². The summed E-state index contributed by atoms with van der Waals surface area (Å²) in [5.41, 5.74) is 0.225. The zero-order valence-corrected chi connectivity index (χ0v) is 9.96. The van der Waals surface area contributed by atoms with Crippen molar-refractivity contribution < 1.29 is 9.50 Å². The van der Waals surface area contributed by atoms with Gasteiger partial charge in [0.25, 0.3) is 0 Å². The van der Waals surface area contributed by atoms with Crippen molar-refractivity contribution in [1.82, 2.24) is 5.32 Å². The lowest BCUT2D eigenvalue weighted by Gasteiger charge is -2.23. The minimum absolute atomic E-state index is 0.240. The van der Waals surface area contributed by atoms with Gasteiger partial charge in [-0.15, -0.1) is 0 Å². The predicted molar refractivity (Wildman–Crippen MR) is 63.9 cm³/mol. The molecule has 0 aliphatic rings. The standard InChI is InChI=1S/C13H20FNO/c1-3-15-9-8-13(2,16)10-11-4-6-12(14)7-5-11/h4-7,15-16H,3,8-10H2,1-2H3. The third-order valence-corrected chi connectivity index (χ3v) is 2.59. The molecular weight excluding hydrogens is 205 g/mol. The van der Waals surface area contributed by atoms with Crippen molar-refractivity contribution in [2.75, 3.05) is 13.1 Å². The van der Waals surface area contributed by atoms with E-state index in [1.165, 1.54) is 12.1 Å². The Labute approximate surface area is 96.5 Å². The smallest absolute Gasteiger partial charge is 0.123 e. The van der Waals surface area contributed by atoms with Crippen LogP contribution in [0, 0.1) is 5.82 Å². The maximum absolute atomic E-state index is 12.7. The van der Waals surface area contributed by atoms with Gasteiger partial charge >= 0.3 is 0 Å². The van der Waals surface area contributed by atoms with Crippen LogP contribution in [0.4, 0.5) is 4.39 Å². The van der Waals surface area contributed by atoms with Crippen LogP contribution in [0.15, 0.2) is 24.3 Å². The first kappa shape index (κ1) is 13.1. The van der Waals surface area contributed by atoms with Gasteiger partial charge in [-0.3, -0.25) is 0 Å². The second kappa shape index (κ2) is 5.97. The molecule has 0 bridgehead atoms. The molecule has 90 valence electrons. The van der Waals surface area contributed by atoms with Gasteiger partial charge in [0.05, 0.1) is 5.60 Å². The summed E-state index contributed by atoms with van der Waals surface area (Å²) in [6, 6.07) is 6.29. The fourth-order valence-corrected chi connectivity index (χ4v) is 1.66. The summed E-state index contributed by atoms with van der Waals surface area (Å²) >= 11 is 0. The summed E-state index contributed by atoms with van der Waals surface area (Å²) in [6.07, 6.45) is 1.25. The van der Waals surface area contributed by atoms with Crippen molar-refractivity contribution in [2.45, 2.75) is 32.3 Å². The lowest BCUT2D eigenvalue weighted by molar-refractivity contribution is 0.0517. The van der Waals surface area contributed by atoms with Gasteiger partial charge in [-0.05, 0) is 44.1 Å². The van der Waals surface area contributed by atoms with E-state index in [1.54, 1.807) is 12.1 Å². The van der Waals surface area contributed by atoms with Crippen molar-refractivity contribution in [3.05, 3.63) is 35.6 Å². The Bertz CT molecular complexity index is 308. The quantitative estimate of drug-likeness (QED) is 0.727. The van der Waals surface area contributed by atoms with Crippen molar-refractivity contribution in [1.29, 1.82) is 0 Å². The van der Waals surface area contributed by atoms with Crippen LogP contribution in [0.5, 0.6) is 0 Å². The third-order valence-electron chi connectivity index (χ3n) is 2.59. The fraction of sp³-hybridized carbons (Fsp3) is 0.538. The molecule has 0 heterocycles. The highest BCUT2D eigenvalue weighted by atomic mass is 19.1. The number of nitrogens with one attached hydrogen (secondary N) is 1. The summed E-state index contributed by atoms with van der Waals surface area (Å²) in [7, 11) is 0. The number of hydrogen-bond acceptors (Lipinski definition) is 2. The highest BCUT2D eigenvalue weighted by molar-refractivity contribution is 5.17. The van der Waals surface area contributed by atoms with Crippen LogP contribution < -0.4 is 5.32 Å². The van der Waals surface area contributed by atoms with E-state index in [1.807, 2.05) is 13.8 Å². The first-order chi connectivity index (χ1) is 7.53. The Morgan fingerprint density at radius 2 is 1.94 bits per heavy atom. The third kappa shape index (κ3) is 4.73. The van der Waals surface area contributed by atoms with Gasteiger partial charge in [0.1, 0.15) is 5.82 Å². The average Bonchev–Trinajstić information content (AvgIpc) is 2.21. The Kier molecular flexibility index (Phi) is 4.90. The molecule has 0 aliphatic heterocycles. The van der Waals surface area contributed by atoms with Crippen LogP contribution in [0.1, 0.15) is 25.8 Å². The molecule has 0 saturated heterocycles. The lowest BCUT2D eigenvalue weighted by Crippen LogP contribution is -2.32.